The van der Waals surface area contributed by atoms with Gasteiger partial charge in [-0.1, -0.05) is 42.8 Å². The van der Waals surface area contributed by atoms with E-state index < -0.39 is 11.0 Å². The minimum absolute atomic E-state index is 0.130. The fourth-order valence-corrected chi connectivity index (χ4v) is 3.23. The maximum Gasteiger partial charge on any atom is 0.319 e. The predicted molar refractivity (Wildman–Crippen MR) is 105 cm³/mol. The number of amides is 2. The van der Waals surface area contributed by atoms with Crippen molar-refractivity contribution >= 4 is 17.4 Å². The third-order valence-corrected chi connectivity index (χ3v) is 4.68. The van der Waals surface area contributed by atoms with Crippen molar-refractivity contribution in [3.63, 3.8) is 0 Å². The summed E-state index contributed by atoms with van der Waals surface area (Å²) in [6, 6.07) is 13.8. The van der Waals surface area contributed by atoms with E-state index in [0.717, 1.165) is 25.2 Å². The van der Waals surface area contributed by atoms with Crippen molar-refractivity contribution < 1.29 is 9.72 Å². The van der Waals surface area contributed by atoms with Crippen LogP contribution in [0.2, 0.25) is 0 Å². The number of nitrogens with one attached hydrogen (secondary N) is 2. The van der Waals surface area contributed by atoms with Gasteiger partial charge in [-0.15, -0.1) is 0 Å². The molecule has 27 heavy (non-hydrogen) atoms. The molecule has 7 nitrogen and oxygen atoms in total. The van der Waals surface area contributed by atoms with Gasteiger partial charge in [-0.05, 0) is 43.1 Å². The summed E-state index contributed by atoms with van der Waals surface area (Å²) in [7, 11) is 0. The van der Waals surface area contributed by atoms with E-state index in [2.05, 4.69) is 27.7 Å². The number of rotatable bonds is 6. The van der Waals surface area contributed by atoms with Gasteiger partial charge >= 0.3 is 6.03 Å². The van der Waals surface area contributed by atoms with Gasteiger partial charge in [0.05, 0.1) is 4.92 Å². The van der Waals surface area contributed by atoms with Crippen LogP contribution in [0.25, 0.3) is 0 Å². The number of hydrogen-bond donors (Lipinski definition) is 2. The summed E-state index contributed by atoms with van der Waals surface area (Å²) in [4.78, 5) is 25.0. The number of carbonyl (C=O) groups is 1. The molecule has 0 unspecified atom stereocenters. The molecule has 142 valence electrons. The zero-order chi connectivity index (χ0) is 19.1. The van der Waals surface area contributed by atoms with E-state index in [1.807, 2.05) is 12.1 Å². The number of urea groups is 1. The Morgan fingerprint density at radius 2 is 1.67 bits per heavy atom. The smallest absolute Gasteiger partial charge is 0.319 e. The standard InChI is InChI=1S/C20H24N4O3/c25-20(22-18-6-2-3-7-19(18)24(26)27)21-14-16-8-10-17(11-9-16)15-23-12-4-1-5-13-23/h2-3,6-11H,1,4-5,12-15H2,(H2,21,22,25). The van der Waals surface area contributed by atoms with Gasteiger partial charge in [0, 0.05) is 19.2 Å². The molecular weight excluding hydrogens is 344 g/mol. The molecule has 0 saturated carbocycles. The number of para-hydroxylation sites is 2. The molecule has 1 heterocycles. The Balaban J connectivity index is 1.49. The van der Waals surface area contributed by atoms with E-state index in [1.54, 1.807) is 12.1 Å². The summed E-state index contributed by atoms with van der Waals surface area (Å²) >= 11 is 0. The van der Waals surface area contributed by atoms with Crippen molar-refractivity contribution in [3.8, 4) is 0 Å². The molecule has 0 atom stereocenters. The Morgan fingerprint density at radius 1 is 1.00 bits per heavy atom. The van der Waals surface area contributed by atoms with Crippen LogP contribution >= 0.6 is 0 Å². The topological polar surface area (TPSA) is 87.5 Å². The Kier molecular flexibility index (Phi) is 6.38. The van der Waals surface area contributed by atoms with Gasteiger partial charge in [0.1, 0.15) is 5.69 Å². The van der Waals surface area contributed by atoms with Gasteiger partial charge in [0.2, 0.25) is 0 Å². The number of likely N-dealkylation sites (tertiary alicyclic amines) is 1. The molecule has 2 amide bonds. The summed E-state index contributed by atoms with van der Waals surface area (Å²) in [5, 5.41) is 16.2. The third kappa shape index (κ3) is 5.52. The second-order valence-corrected chi connectivity index (χ2v) is 6.74. The monoisotopic (exact) mass is 368 g/mol. The Morgan fingerprint density at radius 3 is 2.37 bits per heavy atom. The first kappa shape index (κ1) is 18.8. The van der Waals surface area contributed by atoms with Crippen LogP contribution in [0, 0.1) is 10.1 Å². The van der Waals surface area contributed by atoms with Gasteiger partial charge in [-0.25, -0.2) is 4.79 Å². The Hall–Kier alpha value is -2.93. The number of anilines is 1. The highest BCUT2D eigenvalue weighted by Gasteiger charge is 2.14. The summed E-state index contributed by atoms with van der Waals surface area (Å²) < 4.78 is 0. The third-order valence-electron chi connectivity index (χ3n) is 4.68. The molecule has 0 spiro atoms. The first-order valence-corrected chi connectivity index (χ1v) is 9.20. The number of nitro groups is 1. The molecule has 2 N–H and O–H groups in total. The highest BCUT2D eigenvalue weighted by Crippen LogP contribution is 2.22. The molecule has 1 fully saturated rings. The van der Waals surface area contributed by atoms with Gasteiger partial charge in [0.25, 0.3) is 5.69 Å². The fourth-order valence-electron chi connectivity index (χ4n) is 3.23. The maximum atomic E-state index is 12.0. The molecule has 2 aromatic carbocycles. The summed E-state index contributed by atoms with van der Waals surface area (Å²) in [5.74, 6) is 0. The second-order valence-electron chi connectivity index (χ2n) is 6.74. The number of piperidine rings is 1. The number of carbonyl (C=O) groups excluding carboxylic acids is 1. The molecule has 0 aromatic heterocycles. The van der Waals surface area contributed by atoms with Gasteiger partial charge in [-0.3, -0.25) is 15.0 Å². The fraction of sp³-hybridized carbons (Fsp3) is 0.350. The van der Waals surface area contributed by atoms with Crippen molar-refractivity contribution in [2.75, 3.05) is 18.4 Å². The van der Waals surface area contributed by atoms with Crippen LogP contribution in [0.4, 0.5) is 16.2 Å². The average Bonchev–Trinajstić information content (AvgIpc) is 2.68. The molecule has 3 rings (SSSR count). The lowest BCUT2D eigenvalue weighted by Crippen LogP contribution is -2.29. The molecular formula is C20H24N4O3. The van der Waals surface area contributed by atoms with Crippen molar-refractivity contribution in [3.05, 3.63) is 69.8 Å². The number of nitrogens with zero attached hydrogens (tertiary/aromatic N) is 2. The first-order valence-electron chi connectivity index (χ1n) is 9.20. The normalized spacial score (nSPS) is 14.5. The lowest BCUT2D eigenvalue weighted by Gasteiger charge is -2.26. The van der Waals surface area contributed by atoms with Crippen LogP contribution in [0.1, 0.15) is 30.4 Å². The van der Waals surface area contributed by atoms with Crippen LogP contribution in [0.5, 0.6) is 0 Å². The van der Waals surface area contributed by atoms with Gasteiger partial charge in [-0.2, -0.15) is 0 Å². The van der Waals surface area contributed by atoms with Gasteiger partial charge in [0.15, 0.2) is 0 Å². The van der Waals surface area contributed by atoms with Crippen molar-refractivity contribution in [1.82, 2.24) is 10.2 Å². The predicted octanol–water partition coefficient (Wildman–Crippen LogP) is 3.90. The second kappa shape index (κ2) is 9.14. The molecule has 0 radical (unpaired) electrons. The largest absolute Gasteiger partial charge is 0.334 e. The van der Waals surface area contributed by atoms with E-state index in [1.165, 1.54) is 37.0 Å². The maximum absolute atomic E-state index is 12.0. The van der Waals surface area contributed by atoms with E-state index in [9.17, 15) is 14.9 Å². The van der Waals surface area contributed by atoms with E-state index in [4.69, 9.17) is 0 Å². The summed E-state index contributed by atoms with van der Waals surface area (Å²) in [5.41, 5.74) is 2.30. The average molecular weight is 368 g/mol. The van der Waals surface area contributed by atoms with Crippen LogP contribution in [0.15, 0.2) is 48.5 Å². The molecule has 0 bridgehead atoms. The lowest BCUT2D eigenvalue weighted by atomic mass is 10.1. The molecule has 1 aliphatic rings. The highest BCUT2D eigenvalue weighted by molar-refractivity contribution is 5.91. The molecule has 1 aliphatic heterocycles. The first-order chi connectivity index (χ1) is 13.1. The summed E-state index contributed by atoms with van der Waals surface area (Å²) in [6.45, 7) is 3.65. The summed E-state index contributed by atoms with van der Waals surface area (Å²) in [6.07, 6.45) is 3.88. The highest BCUT2D eigenvalue weighted by atomic mass is 16.6. The molecule has 1 saturated heterocycles. The number of benzene rings is 2. The van der Waals surface area contributed by atoms with E-state index >= 15 is 0 Å². The lowest BCUT2D eigenvalue weighted by molar-refractivity contribution is -0.383. The van der Waals surface area contributed by atoms with E-state index in [0.29, 0.717) is 6.54 Å². The molecule has 2 aromatic rings. The van der Waals surface area contributed by atoms with Crippen molar-refractivity contribution in [1.29, 1.82) is 0 Å². The van der Waals surface area contributed by atoms with Crippen LogP contribution < -0.4 is 10.6 Å². The quantitative estimate of drug-likeness (QED) is 0.598. The Labute approximate surface area is 158 Å². The SMILES string of the molecule is O=C(NCc1ccc(CN2CCCCC2)cc1)Nc1ccccc1[N+](=O)[O-]. The molecule has 0 aliphatic carbocycles. The van der Waals surface area contributed by atoms with Crippen LogP contribution in [-0.2, 0) is 13.1 Å². The number of hydrogen-bond acceptors (Lipinski definition) is 4. The van der Waals surface area contributed by atoms with Crippen LogP contribution in [0.3, 0.4) is 0 Å². The van der Waals surface area contributed by atoms with E-state index in [-0.39, 0.29) is 11.4 Å². The van der Waals surface area contributed by atoms with Crippen molar-refractivity contribution in [2.45, 2.75) is 32.4 Å². The minimum atomic E-state index is -0.517. The number of nitro benzene ring substituents is 1. The minimum Gasteiger partial charge on any atom is -0.334 e. The van der Waals surface area contributed by atoms with Crippen LogP contribution in [-0.4, -0.2) is 28.9 Å². The Bertz CT molecular complexity index is 786. The zero-order valence-corrected chi connectivity index (χ0v) is 15.2. The van der Waals surface area contributed by atoms with Crippen molar-refractivity contribution in [2.24, 2.45) is 0 Å². The molecule has 7 heteroatoms. The zero-order valence-electron chi connectivity index (χ0n) is 15.2. The van der Waals surface area contributed by atoms with Gasteiger partial charge < -0.3 is 10.6 Å².